The first kappa shape index (κ1) is 10.9. The second-order valence-electron chi connectivity index (χ2n) is 6.29. The van der Waals surface area contributed by atoms with E-state index in [1.165, 1.54) is 0 Å². The van der Waals surface area contributed by atoms with Gasteiger partial charge in [-0.15, -0.1) is 0 Å². The second kappa shape index (κ2) is 2.95. The fourth-order valence-electron chi connectivity index (χ4n) is 3.01. The molecule has 1 aromatic rings. The Morgan fingerprint density at radius 1 is 1.47 bits per heavy atom. The van der Waals surface area contributed by atoms with Gasteiger partial charge in [-0.1, -0.05) is 20.8 Å². The Morgan fingerprint density at radius 3 is 2.47 bits per heavy atom. The van der Waals surface area contributed by atoms with Crippen LogP contribution in [0.2, 0.25) is 0 Å². The van der Waals surface area contributed by atoms with Crippen molar-refractivity contribution in [2.45, 2.75) is 44.9 Å². The van der Waals surface area contributed by atoms with Crippen LogP contribution < -0.4 is 0 Å². The fourth-order valence-corrected chi connectivity index (χ4v) is 3.01. The summed E-state index contributed by atoms with van der Waals surface area (Å²) >= 11 is 0. The summed E-state index contributed by atoms with van der Waals surface area (Å²) < 4.78 is 5.82. The molecule has 3 unspecified atom stereocenters. The van der Waals surface area contributed by atoms with E-state index >= 15 is 0 Å². The number of rotatable bonds is 3. The largest absolute Gasteiger partial charge is 0.480 e. The van der Waals surface area contributed by atoms with Gasteiger partial charge in [-0.05, 0) is 36.3 Å². The summed E-state index contributed by atoms with van der Waals surface area (Å²) in [5, 5.41) is 9.45. The Hall–Kier alpha value is -1.25. The molecule has 1 aromatic heterocycles. The highest BCUT2D eigenvalue weighted by molar-refractivity contribution is 5.86. The summed E-state index contributed by atoms with van der Waals surface area (Å²) in [5.74, 6) is 2.05. The molecule has 0 saturated heterocycles. The minimum absolute atomic E-state index is 0.191. The van der Waals surface area contributed by atoms with Gasteiger partial charge < -0.3 is 9.52 Å². The Labute approximate surface area is 101 Å². The van der Waals surface area contributed by atoms with Crippen molar-refractivity contribution in [1.29, 1.82) is 0 Å². The third kappa shape index (κ3) is 1.31. The minimum atomic E-state index is -0.788. The molecule has 0 radical (unpaired) electrons. The van der Waals surface area contributed by atoms with E-state index in [4.69, 9.17) is 4.42 Å². The van der Waals surface area contributed by atoms with Crippen molar-refractivity contribution in [3.63, 3.8) is 0 Å². The predicted molar refractivity (Wildman–Crippen MR) is 62.9 cm³/mol. The molecule has 2 aliphatic rings. The maximum atomic E-state index is 11.5. The molecule has 3 atom stereocenters. The van der Waals surface area contributed by atoms with Gasteiger partial charge in [0.2, 0.25) is 0 Å². The molecular weight excluding hydrogens is 216 g/mol. The van der Waals surface area contributed by atoms with Crippen LogP contribution in [0.3, 0.4) is 0 Å². The number of aliphatic carboxylic acids is 1. The van der Waals surface area contributed by atoms with Crippen LogP contribution in [0, 0.1) is 11.3 Å². The van der Waals surface area contributed by atoms with E-state index in [1.807, 2.05) is 26.0 Å². The van der Waals surface area contributed by atoms with Gasteiger partial charge in [0.25, 0.3) is 0 Å². The summed E-state index contributed by atoms with van der Waals surface area (Å²) in [5.41, 5.74) is -0.980. The molecule has 0 amide bonds. The van der Waals surface area contributed by atoms with E-state index in [-0.39, 0.29) is 5.41 Å². The Kier molecular flexibility index (Phi) is 1.89. The standard InChI is InChI=1S/C14H18O3/c1-8-6-9(8)10-4-5-11(17-10)14(12(15)16)7-13(14,2)3/h4-5,8-9H,6-7H2,1-3H3,(H,15,16). The Bertz CT molecular complexity index is 485. The van der Waals surface area contributed by atoms with Gasteiger partial charge in [-0.3, -0.25) is 4.79 Å². The van der Waals surface area contributed by atoms with E-state index in [2.05, 4.69) is 6.92 Å². The predicted octanol–water partition coefficient (Wildman–Crippen LogP) is 3.16. The summed E-state index contributed by atoms with van der Waals surface area (Å²) in [6.07, 6.45) is 1.83. The van der Waals surface area contributed by atoms with Crippen molar-refractivity contribution in [3.05, 3.63) is 23.7 Å². The van der Waals surface area contributed by atoms with E-state index in [0.717, 1.165) is 12.2 Å². The maximum absolute atomic E-state index is 11.5. The van der Waals surface area contributed by atoms with E-state index in [9.17, 15) is 9.90 Å². The molecule has 1 heterocycles. The smallest absolute Gasteiger partial charge is 0.317 e. The van der Waals surface area contributed by atoms with Crippen LogP contribution in [-0.2, 0) is 10.2 Å². The van der Waals surface area contributed by atoms with Crippen LogP contribution in [0.5, 0.6) is 0 Å². The highest BCUT2D eigenvalue weighted by Crippen LogP contribution is 2.65. The fraction of sp³-hybridized carbons (Fsp3) is 0.643. The van der Waals surface area contributed by atoms with Crippen LogP contribution in [0.15, 0.2) is 16.5 Å². The highest BCUT2D eigenvalue weighted by atomic mass is 16.4. The minimum Gasteiger partial charge on any atom is -0.480 e. The lowest BCUT2D eigenvalue weighted by molar-refractivity contribution is -0.141. The molecule has 2 saturated carbocycles. The van der Waals surface area contributed by atoms with Crippen molar-refractivity contribution in [3.8, 4) is 0 Å². The normalized spacial score (nSPS) is 37.8. The van der Waals surface area contributed by atoms with Crippen LogP contribution in [0.25, 0.3) is 0 Å². The summed E-state index contributed by atoms with van der Waals surface area (Å²) in [7, 11) is 0. The van der Waals surface area contributed by atoms with Crippen molar-refractivity contribution in [1.82, 2.24) is 0 Å². The first-order chi connectivity index (χ1) is 7.88. The molecule has 92 valence electrons. The van der Waals surface area contributed by atoms with Crippen molar-refractivity contribution in [2.75, 3.05) is 0 Å². The molecule has 0 aromatic carbocycles. The van der Waals surface area contributed by atoms with Crippen LogP contribution in [0.1, 0.15) is 51.1 Å². The average molecular weight is 234 g/mol. The zero-order valence-corrected chi connectivity index (χ0v) is 10.5. The zero-order chi connectivity index (χ0) is 12.4. The van der Waals surface area contributed by atoms with Gasteiger partial charge in [0.05, 0.1) is 0 Å². The number of furan rings is 1. The summed E-state index contributed by atoms with van der Waals surface area (Å²) in [4.78, 5) is 11.5. The monoisotopic (exact) mass is 234 g/mol. The number of carbonyl (C=O) groups is 1. The number of hydrogen-bond donors (Lipinski definition) is 1. The number of carboxylic acids is 1. The Morgan fingerprint density at radius 2 is 2.06 bits per heavy atom. The molecule has 2 fully saturated rings. The van der Waals surface area contributed by atoms with Crippen LogP contribution >= 0.6 is 0 Å². The third-order valence-electron chi connectivity index (χ3n) is 4.62. The topological polar surface area (TPSA) is 50.4 Å². The average Bonchev–Trinajstić information content (AvgIpc) is 3.01. The van der Waals surface area contributed by atoms with Crippen molar-refractivity contribution >= 4 is 5.97 Å². The number of hydrogen-bond acceptors (Lipinski definition) is 2. The molecular formula is C14H18O3. The molecule has 17 heavy (non-hydrogen) atoms. The molecule has 3 nitrogen and oxygen atoms in total. The van der Waals surface area contributed by atoms with Crippen LogP contribution in [-0.4, -0.2) is 11.1 Å². The zero-order valence-electron chi connectivity index (χ0n) is 10.5. The van der Waals surface area contributed by atoms with E-state index < -0.39 is 11.4 Å². The van der Waals surface area contributed by atoms with Gasteiger partial charge in [0.15, 0.2) is 0 Å². The maximum Gasteiger partial charge on any atom is 0.317 e. The molecule has 0 spiro atoms. The van der Waals surface area contributed by atoms with Gasteiger partial charge in [-0.25, -0.2) is 0 Å². The van der Waals surface area contributed by atoms with Gasteiger partial charge in [-0.2, -0.15) is 0 Å². The lowest BCUT2D eigenvalue weighted by Gasteiger charge is -2.12. The van der Waals surface area contributed by atoms with E-state index in [1.54, 1.807) is 0 Å². The highest BCUT2D eigenvalue weighted by Gasteiger charge is 2.70. The Balaban J connectivity index is 1.94. The molecule has 1 N–H and O–H groups in total. The number of carboxylic acid groups (broad SMARTS) is 1. The molecule has 2 aliphatic carbocycles. The first-order valence-corrected chi connectivity index (χ1v) is 6.22. The quantitative estimate of drug-likeness (QED) is 0.874. The van der Waals surface area contributed by atoms with Crippen molar-refractivity contribution < 1.29 is 14.3 Å². The molecule has 0 aliphatic heterocycles. The second-order valence-corrected chi connectivity index (χ2v) is 6.29. The summed E-state index contributed by atoms with van der Waals surface area (Å²) in [6, 6.07) is 3.83. The molecule has 0 bridgehead atoms. The molecule has 3 heteroatoms. The molecule has 3 rings (SSSR count). The van der Waals surface area contributed by atoms with Crippen molar-refractivity contribution in [2.24, 2.45) is 11.3 Å². The lowest BCUT2D eigenvalue weighted by atomic mass is 9.93. The lowest BCUT2D eigenvalue weighted by Crippen LogP contribution is -2.24. The van der Waals surface area contributed by atoms with Gasteiger partial charge in [0, 0.05) is 5.92 Å². The first-order valence-electron chi connectivity index (χ1n) is 6.22. The third-order valence-corrected chi connectivity index (χ3v) is 4.62. The van der Waals surface area contributed by atoms with Gasteiger partial charge in [0.1, 0.15) is 16.9 Å². The van der Waals surface area contributed by atoms with Gasteiger partial charge >= 0.3 is 5.97 Å². The summed E-state index contributed by atoms with van der Waals surface area (Å²) in [6.45, 7) is 6.17. The SMILES string of the molecule is CC1CC1c1ccc(C2(C(=O)O)CC2(C)C)o1. The van der Waals surface area contributed by atoms with E-state index in [0.29, 0.717) is 24.0 Å². The van der Waals surface area contributed by atoms with Crippen LogP contribution in [0.4, 0.5) is 0 Å².